The quantitative estimate of drug-likeness (QED) is 0.339. The van der Waals surface area contributed by atoms with Gasteiger partial charge in [0.1, 0.15) is 0 Å². The van der Waals surface area contributed by atoms with E-state index in [2.05, 4.69) is 12.2 Å². The molecule has 0 amide bonds. The van der Waals surface area contributed by atoms with E-state index in [0.717, 1.165) is 12.8 Å². The van der Waals surface area contributed by atoms with E-state index in [0.29, 0.717) is 0 Å². The minimum atomic E-state index is -2.62. The summed E-state index contributed by atoms with van der Waals surface area (Å²) in [4.78, 5) is 0. The molecule has 0 aromatic heterocycles. The lowest BCUT2D eigenvalue weighted by Crippen LogP contribution is -2.38. The van der Waals surface area contributed by atoms with E-state index >= 15 is 0 Å². The Morgan fingerprint density at radius 2 is 1.62 bits per heavy atom. The number of unbranched alkanes of at least 4 members (excludes halogenated alkanes) is 6. The van der Waals surface area contributed by atoms with Gasteiger partial charge >= 0.3 is 0 Å². The van der Waals surface area contributed by atoms with Crippen molar-refractivity contribution >= 4 is 0 Å². The second kappa shape index (κ2) is 9.63. The van der Waals surface area contributed by atoms with Gasteiger partial charge in [0.15, 0.2) is 0 Å². The van der Waals surface area contributed by atoms with Gasteiger partial charge in [0.25, 0.3) is 5.97 Å². The van der Waals surface area contributed by atoms with Crippen LogP contribution < -0.4 is 5.32 Å². The smallest absolute Gasteiger partial charge is 0.293 e. The third-order valence-electron chi connectivity index (χ3n) is 2.30. The van der Waals surface area contributed by atoms with Crippen LogP contribution in [0.2, 0.25) is 0 Å². The molecule has 0 aliphatic carbocycles. The lowest BCUT2D eigenvalue weighted by atomic mass is 10.1. The van der Waals surface area contributed by atoms with Crippen molar-refractivity contribution < 1.29 is 15.3 Å². The summed E-state index contributed by atoms with van der Waals surface area (Å²) in [6.45, 7) is 1.93. The van der Waals surface area contributed by atoms with Crippen LogP contribution in [0.4, 0.5) is 0 Å². The van der Waals surface area contributed by atoms with Gasteiger partial charge in [-0.3, -0.25) is 0 Å². The second-order valence-electron chi connectivity index (χ2n) is 4.11. The Balaban J connectivity index is 3.16. The van der Waals surface area contributed by atoms with E-state index in [1.54, 1.807) is 6.20 Å². The highest BCUT2D eigenvalue weighted by Crippen LogP contribution is 2.06. The van der Waals surface area contributed by atoms with Crippen LogP contribution in [0.5, 0.6) is 0 Å². The molecular formula is C12H25NO3. The maximum Gasteiger partial charge on any atom is 0.293 e. The van der Waals surface area contributed by atoms with Crippen molar-refractivity contribution in [3.8, 4) is 0 Å². The highest BCUT2D eigenvalue weighted by Gasteiger charge is 2.15. The van der Waals surface area contributed by atoms with Crippen LogP contribution in [0, 0.1) is 0 Å². The average Bonchev–Trinajstić information content (AvgIpc) is 2.19. The van der Waals surface area contributed by atoms with Crippen LogP contribution in [0.15, 0.2) is 12.3 Å². The van der Waals surface area contributed by atoms with Crippen LogP contribution >= 0.6 is 0 Å². The summed E-state index contributed by atoms with van der Waals surface area (Å²) >= 11 is 0. The molecule has 0 unspecified atom stereocenters. The van der Waals surface area contributed by atoms with Crippen molar-refractivity contribution in [3.63, 3.8) is 0 Å². The molecular weight excluding hydrogens is 206 g/mol. The monoisotopic (exact) mass is 231 g/mol. The third-order valence-corrected chi connectivity index (χ3v) is 2.30. The highest BCUT2D eigenvalue weighted by molar-refractivity contribution is 4.79. The van der Waals surface area contributed by atoms with Gasteiger partial charge in [0.05, 0.1) is 6.54 Å². The zero-order chi connectivity index (χ0) is 12.3. The lowest BCUT2D eigenvalue weighted by Gasteiger charge is -2.12. The van der Waals surface area contributed by atoms with Crippen molar-refractivity contribution in [3.05, 3.63) is 12.3 Å². The minimum Gasteiger partial charge on any atom is -0.383 e. The second-order valence-corrected chi connectivity index (χ2v) is 4.11. The van der Waals surface area contributed by atoms with E-state index in [1.807, 2.05) is 6.08 Å². The van der Waals surface area contributed by atoms with Crippen molar-refractivity contribution in [2.24, 2.45) is 0 Å². The Morgan fingerprint density at radius 3 is 2.25 bits per heavy atom. The zero-order valence-electron chi connectivity index (χ0n) is 10.2. The molecule has 0 fully saturated rings. The van der Waals surface area contributed by atoms with Crippen molar-refractivity contribution in [2.75, 3.05) is 6.54 Å². The fraction of sp³-hybridized carbons (Fsp3) is 0.833. The summed E-state index contributed by atoms with van der Waals surface area (Å²) in [5.74, 6) is -2.62. The molecule has 4 nitrogen and oxygen atoms in total. The molecule has 0 saturated heterocycles. The first-order valence-electron chi connectivity index (χ1n) is 6.12. The summed E-state index contributed by atoms with van der Waals surface area (Å²) in [6.07, 6.45) is 12.2. The van der Waals surface area contributed by atoms with Crippen LogP contribution in [0.25, 0.3) is 0 Å². The van der Waals surface area contributed by atoms with Gasteiger partial charge in [-0.05, 0) is 19.0 Å². The molecule has 0 atom stereocenters. The molecule has 0 saturated carbocycles. The summed E-state index contributed by atoms with van der Waals surface area (Å²) in [5, 5.41) is 28.3. The van der Waals surface area contributed by atoms with Crippen LogP contribution in [0.1, 0.15) is 51.9 Å². The average molecular weight is 231 g/mol. The third kappa shape index (κ3) is 13.4. The molecule has 0 radical (unpaired) electrons. The van der Waals surface area contributed by atoms with Crippen molar-refractivity contribution in [1.82, 2.24) is 5.32 Å². The largest absolute Gasteiger partial charge is 0.383 e. The Labute approximate surface area is 98.0 Å². The molecule has 16 heavy (non-hydrogen) atoms. The van der Waals surface area contributed by atoms with Gasteiger partial charge in [-0.2, -0.15) is 0 Å². The molecule has 0 heterocycles. The van der Waals surface area contributed by atoms with Crippen LogP contribution in [-0.4, -0.2) is 27.8 Å². The number of allylic oxidation sites excluding steroid dienone is 1. The van der Waals surface area contributed by atoms with Crippen LogP contribution in [0.3, 0.4) is 0 Å². The molecule has 96 valence electrons. The number of nitrogens with one attached hydrogen (secondary N) is 1. The van der Waals surface area contributed by atoms with Gasteiger partial charge in [0.2, 0.25) is 0 Å². The number of rotatable bonds is 10. The topological polar surface area (TPSA) is 72.7 Å². The molecule has 0 aliphatic rings. The molecule has 0 aromatic carbocycles. The fourth-order valence-electron chi connectivity index (χ4n) is 1.41. The van der Waals surface area contributed by atoms with Crippen molar-refractivity contribution in [2.45, 2.75) is 57.8 Å². The molecule has 0 rings (SSSR count). The standard InChI is InChI=1S/C12H25NO3/c1-2-3-4-5-6-7-8-9-10-13-11-12(14,15)16/h9-10,13-16H,2-8,11H2,1H3. The Kier molecular flexibility index (Phi) is 9.28. The van der Waals surface area contributed by atoms with E-state index in [-0.39, 0.29) is 6.54 Å². The minimum absolute atomic E-state index is 0.278. The summed E-state index contributed by atoms with van der Waals surface area (Å²) in [6, 6.07) is 0. The maximum absolute atomic E-state index is 8.56. The first kappa shape index (κ1) is 15.4. The van der Waals surface area contributed by atoms with Gasteiger partial charge in [0, 0.05) is 0 Å². The number of aliphatic hydroxyl groups is 3. The number of hydrogen-bond donors (Lipinski definition) is 4. The first-order chi connectivity index (χ1) is 7.56. The molecule has 0 aliphatic heterocycles. The summed E-state index contributed by atoms with van der Waals surface area (Å²) in [7, 11) is 0. The SMILES string of the molecule is CCCCCCCCC=CNCC(O)(O)O. The Bertz CT molecular complexity index is 176. The van der Waals surface area contributed by atoms with Crippen LogP contribution in [-0.2, 0) is 0 Å². The lowest BCUT2D eigenvalue weighted by molar-refractivity contribution is -0.305. The Hall–Kier alpha value is -0.580. The molecule has 0 bridgehead atoms. The van der Waals surface area contributed by atoms with Gasteiger partial charge < -0.3 is 20.6 Å². The van der Waals surface area contributed by atoms with Crippen molar-refractivity contribution in [1.29, 1.82) is 0 Å². The van der Waals surface area contributed by atoms with E-state index in [4.69, 9.17) is 15.3 Å². The van der Waals surface area contributed by atoms with Gasteiger partial charge in [-0.15, -0.1) is 0 Å². The predicted octanol–water partition coefficient (Wildman–Crippen LogP) is 1.47. The van der Waals surface area contributed by atoms with E-state index in [9.17, 15) is 0 Å². The Morgan fingerprint density at radius 1 is 1.00 bits per heavy atom. The van der Waals surface area contributed by atoms with Gasteiger partial charge in [-0.25, -0.2) is 0 Å². The predicted molar refractivity (Wildman–Crippen MR) is 64.5 cm³/mol. The zero-order valence-corrected chi connectivity index (χ0v) is 10.2. The highest BCUT2D eigenvalue weighted by atomic mass is 16.7. The van der Waals surface area contributed by atoms with Gasteiger partial charge in [-0.1, -0.05) is 45.1 Å². The molecule has 0 spiro atoms. The van der Waals surface area contributed by atoms with E-state index in [1.165, 1.54) is 32.1 Å². The maximum atomic E-state index is 8.56. The fourth-order valence-corrected chi connectivity index (χ4v) is 1.41. The molecule has 0 aromatic rings. The first-order valence-corrected chi connectivity index (χ1v) is 6.12. The normalized spacial score (nSPS) is 12.2. The molecule has 4 heteroatoms. The van der Waals surface area contributed by atoms with E-state index < -0.39 is 5.97 Å². The summed E-state index contributed by atoms with van der Waals surface area (Å²) < 4.78 is 0. The number of hydrogen-bond acceptors (Lipinski definition) is 4. The summed E-state index contributed by atoms with van der Waals surface area (Å²) in [5.41, 5.74) is 0. The molecule has 4 N–H and O–H groups in total.